The van der Waals surface area contributed by atoms with Gasteiger partial charge in [-0.1, -0.05) is 0 Å². The van der Waals surface area contributed by atoms with Crippen molar-refractivity contribution in [2.24, 2.45) is 0 Å². The molecular weight excluding hydrogens is 396 g/mol. The van der Waals surface area contributed by atoms with Crippen LogP contribution >= 0.6 is 11.8 Å². The Morgan fingerprint density at radius 3 is 2.76 bits per heavy atom. The summed E-state index contributed by atoms with van der Waals surface area (Å²) in [6, 6.07) is 8.71. The molecule has 1 heterocycles. The summed E-state index contributed by atoms with van der Waals surface area (Å²) in [6.07, 6.45) is 7.94. The summed E-state index contributed by atoms with van der Waals surface area (Å²) >= 11 is 3.48. The van der Waals surface area contributed by atoms with Crippen LogP contribution in [0.3, 0.4) is 0 Å². The average Bonchev–Trinajstić information content (AvgIpc) is 2.86. The van der Waals surface area contributed by atoms with Crippen LogP contribution < -0.4 is 0 Å². The number of allylic oxidation sites excluding steroid dienone is 6. The Balaban J connectivity index is 1.90. The number of hydrogen-bond acceptors (Lipinski definition) is 1. The zero-order chi connectivity index (χ0) is 11.8. The summed E-state index contributed by atoms with van der Waals surface area (Å²) in [5, 5.41) is 0. The first-order chi connectivity index (χ1) is 8.24. The monoisotopic (exact) mass is 408 g/mol. The van der Waals surface area contributed by atoms with Crippen molar-refractivity contribution >= 4 is 15.7 Å². The first-order valence-electron chi connectivity index (χ1n) is 5.63. The molecule has 0 aromatic heterocycles. The van der Waals surface area contributed by atoms with Crippen LogP contribution in [0.2, 0.25) is 0 Å². The second kappa shape index (κ2) is 4.55. The van der Waals surface area contributed by atoms with Crippen LogP contribution in [-0.2, 0) is 19.4 Å². The molecule has 0 radical (unpaired) electrons. The zero-order valence-corrected chi connectivity index (χ0v) is 13.3. The Morgan fingerprint density at radius 2 is 2.06 bits per heavy atom. The van der Waals surface area contributed by atoms with Crippen LogP contribution in [0.15, 0.2) is 63.4 Å². The SMILES string of the molecule is CC1=CC=C(/C=C2\Sc3ccccc3[C]2=[W])C1. The van der Waals surface area contributed by atoms with E-state index in [1.807, 2.05) is 11.8 Å². The van der Waals surface area contributed by atoms with E-state index in [2.05, 4.69) is 49.4 Å². The Hall–Kier alpha value is -0.652. The summed E-state index contributed by atoms with van der Waals surface area (Å²) < 4.78 is 1.50. The van der Waals surface area contributed by atoms with Gasteiger partial charge >= 0.3 is 117 Å². The number of benzene rings is 1. The van der Waals surface area contributed by atoms with Gasteiger partial charge in [0.25, 0.3) is 0 Å². The second-order valence-electron chi connectivity index (χ2n) is 4.37. The van der Waals surface area contributed by atoms with Crippen LogP contribution in [0.25, 0.3) is 0 Å². The normalized spacial score (nSPS) is 20.5. The predicted molar refractivity (Wildman–Crippen MR) is 70.9 cm³/mol. The van der Waals surface area contributed by atoms with Crippen molar-refractivity contribution in [3.05, 3.63) is 64.1 Å². The minimum atomic E-state index is 1.11. The molecule has 0 amide bonds. The van der Waals surface area contributed by atoms with Crippen molar-refractivity contribution in [2.75, 3.05) is 0 Å². The van der Waals surface area contributed by atoms with Crippen molar-refractivity contribution in [2.45, 2.75) is 18.2 Å². The summed E-state index contributed by atoms with van der Waals surface area (Å²) in [5.41, 5.74) is 4.33. The third-order valence-corrected chi connectivity index (χ3v) is 6.17. The molecule has 0 fully saturated rings. The molecule has 0 nitrogen and oxygen atoms in total. The first kappa shape index (κ1) is 11.4. The van der Waals surface area contributed by atoms with Crippen LogP contribution in [0.5, 0.6) is 0 Å². The van der Waals surface area contributed by atoms with E-state index in [0.29, 0.717) is 0 Å². The van der Waals surface area contributed by atoms with Gasteiger partial charge in [0.15, 0.2) is 0 Å². The number of hydrogen-bond donors (Lipinski definition) is 0. The van der Waals surface area contributed by atoms with E-state index in [1.165, 1.54) is 30.4 Å². The fourth-order valence-corrected chi connectivity index (χ4v) is 4.73. The van der Waals surface area contributed by atoms with Crippen LogP contribution in [0.1, 0.15) is 18.9 Å². The van der Waals surface area contributed by atoms with E-state index in [4.69, 9.17) is 0 Å². The van der Waals surface area contributed by atoms with E-state index < -0.39 is 0 Å². The van der Waals surface area contributed by atoms with Crippen LogP contribution in [-0.4, -0.2) is 3.90 Å². The molecule has 2 aliphatic rings. The Kier molecular flexibility index (Phi) is 3.06. The van der Waals surface area contributed by atoms with E-state index in [1.54, 1.807) is 19.4 Å². The Morgan fingerprint density at radius 1 is 1.24 bits per heavy atom. The van der Waals surface area contributed by atoms with Crippen molar-refractivity contribution in [3.63, 3.8) is 0 Å². The van der Waals surface area contributed by atoms with Crippen molar-refractivity contribution in [1.29, 1.82) is 0 Å². The third kappa shape index (κ3) is 2.19. The second-order valence-corrected chi connectivity index (χ2v) is 6.92. The van der Waals surface area contributed by atoms with Gasteiger partial charge in [-0.05, 0) is 0 Å². The van der Waals surface area contributed by atoms with Crippen molar-refractivity contribution in [1.82, 2.24) is 0 Å². The fraction of sp³-hybridized carbons (Fsp3) is 0.133. The van der Waals surface area contributed by atoms with Crippen LogP contribution in [0.4, 0.5) is 0 Å². The fourth-order valence-electron chi connectivity index (χ4n) is 2.09. The maximum absolute atomic E-state index is 2.36. The molecule has 0 N–H and O–H groups in total. The summed E-state index contributed by atoms with van der Waals surface area (Å²) in [4.78, 5) is 2.85. The molecule has 0 bridgehead atoms. The van der Waals surface area contributed by atoms with E-state index in [-0.39, 0.29) is 0 Å². The van der Waals surface area contributed by atoms with Gasteiger partial charge in [-0.25, -0.2) is 0 Å². The Bertz CT molecular complexity index is 591. The summed E-state index contributed by atoms with van der Waals surface area (Å²) in [7, 11) is 0. The van der Waals surface area contributed by atoms with Gasteiger partial charge in [0.2, 0.25) is 0 Å². The zero-order valence-electron chi connectivity index (χ0n) is 9.57. The predicted octanol–water partition coefficient (Wildman–Crippen LogP) is 4.02. The van der Waals surface area contributed by atoms with E-state index in [9.17, 15) is 0 Å². The number of rotatable bonds is 1. The van der Waals surface area contributed by atoms with Gasteiger partial charge in [-0.2, -0.15) is 0 Å². The number of thioether (sulfide) groups is 1. The minimum absolute atomic E-state index is 1.11. The average molecular weight is 408 g/mol. The molecular formula is C15H12SW. The molecule has 2 heteroatoms. The van der Waals surface area contributed by atoms with Gasteiger partial charge in [0, 0.05) is 0 Å². The molecule has 84 valence electrons. The van der Waals surface area contributed by atoms with Gasteiger partial charge in [0.05, 0.1) is 0 Å². The molecule has 0 unspecified atom stereocenters. The number of fused-ring (bicyclic) bond motifs is 1. The van der Waals surface area contributed by atoms with Crippen LogP contribution in [0, 0.1) is 0 Å². The molecule has 1 aliphatic carbocycles. The molecule has 0 spiro atoms. The molecule has 0 saturated carbocycles. The molecule has 1 aromatic carbocycles. The van der Waals surface area contributed by atoms with E-state index >= 15 is 0 Å². The first-order valence-corrected chi connectivity index (χ1v) is 7.92. The standard InChI is InChI=1S/C15H12S.W/c1-11-6-7-12(8-11)9-14-10-13-4-2-3-5-15(13)16-14;/h2-7,9H,8H2,1H3;/b14-9-;. The van der Waals surface area contributed by atoms with Gasteiger partial charge in [0.1, 0.15) is 0 Å². The molecule has 0 saturated heterocycles. The summed E-state index contributed by atoms with van der Waals surface area (Å²) in [5.74, 6) is 0. The molecule has 17 heavy (non-hydrogen) atoms. The molecule has 1 aromatic rings. The van der Waals surface area contributed by atoms with E-state index in [0.717, 1.165) is 6.42 Å². The molecule has 0 atom stereocenters. The summed E-state index contributed by atoms with van der Waals surface area (Å²) in [6.45, 7) is 2.19. The van der Waals surface area contributed by atoms with Gasteiger partial charge < -0.3 is 0 Å². The van der Waals surface area contributed by atoms with Crippen molar-refractivity contribution < 1.29 is 19.4 Å². The molecule has 3 rings (SSSR count). The van der Waals surface area contributed by atoms with Gasteiger partial charge in [-0.15, -0.1) is 0 Å². The Labute approximate surface area is 117 Å². The van der Waals surface area contributed by atoms with Gasteiger partial charge in [-0.3, -0.25) is 0 Å². The third-order valence-electron chi connectivity index (χ3n) is 2.96. The quantitative estimate of drug-likeness (QED) is 0.677. The van der Waals surface area contributed by atoms with Crippen molar-refractivity contribution in [3.8, 4) is 0 Å². The maximum atomic E-state index is 2.36. The topological polar surface area (TPSA) is 0 Å². The molecule has 1 aliphatic heterocycles.